The summed E-state index contributed by atoms with van der Waals surface area (Å²) in [5.74, 6) is -8.86. The molecule has 0 spiro atoms. The second-order valence-corrected chi connectivity index (χ2v) is 28.2. The molecule has 4 N–H and O–H groups in total. The van der Waals surface area contributed by atoms with E-state index in [9.17, 15) is 43.2 Å². The third kappa shape index (κ3) is 21.9. The molecule has 3 aromatic carbocycles. The quantitative estimate of drug-likeness (QED) is 0.164. The van der Waals surface area contributed by atoms with Crippen molar-refractivity contribution in [2.45, 2.75) is 167 Å². The van der Waals surface area contributed by atoms with Crippen LogP contribution in [0.1, 0.15) is 117 Å². The van der Waals surface area contributed by atoms with Crippen molar-refractivity contribution in [3.63, 3.8) is 0 Å². The molecule has 2 fully saturated rings. The molecule has 0 aromatic heterocycles. The van der Waals surface area contributed by atoms with Gasteiger partial charge in [-0.3, -0.25) is 57.5 Å². The Morgan fingerprint density at radius 2 is 1.17 bits per heavy atom. The Labute approximate surface area is 584 Å². The first kappa shape index (κ1) is 79.0. The van der Waals surface area contributed by atoms with E-state index in [1.807, 2.05) is 39.8 Å². The lowest BCUT2D eigenvalue weighted by molar-refractivity contribution is -0.151. The maximum absolute atomic E-state index is 15.3. The Balaban J connectivity index is 1.63. The number of nitrogens with one attached hydrogen (secondary N) is 4. The lowest BCUT2D eigenvalue weighted by atomic mass is 9.95. The third-order valence-electron chi connectivity index (χ3n) is 18.4. The smallest absolute Gasteiger partial charge is 0.246 e. The van der Waals surface area contributed by atoms with Crippen molar-refractivity contribution >= 4 is 105 Å². The van der Waals surface area contributed by atoms with Gasteiger partial charge in [-0.25, -0.2) is 0 Å². The van der Waals surface area contributed by atoms with Gasteiger partial charge >= 0.3 is 0 Å². The van der Waals surface area contributed by atoms with Crippen molar-refractivity contribution in [3.05, 3.63) is 104 Å². The molecule has 0 radical (unpaired) electrons. The monoisotopic (exact) mass is 1460 g/mol. The summed E-state index contributed by atoms with van der Waals surface area (Å²) in [7, 11) is 9.74. The highest BCUT2D eigenvalue weighted by Gasteiger charge is 2.44. The average Bonchev–Trinajstić information content (AvgIpc) is 1.64. The van der Waals surface area contributed by atoms with Crippen LogP contribution in [0, 0.1) is 15.4 Å². The van der Waals surface area contributed by atoms with Gasteiger partial charge in [0.2, 0.25) is 70.9 Å². The van der Waals surface area contributed by atoms with Gasteiger partial charge in [-0.1, -0.05) is 120 Å². The fraction of sp³-hybridized carbons (Fsp3) is 0.571. The minimum Gasteiger partial charge on any atom is -0.343 e. The van der Waals surface area contributed by atoms with Gasteiger partial charge in [-0.05, 0) is 115 Å². The van der Waals surface area contributed by atoms with Gasteiger partial charge in [0.25, 0.3) is 0 Å². The van der Waals surface area contributed by atoms with E-state index in [0.717, 1.165) is 23.2 Å². The van der Waals surface area contributed by atoms with Crippen LogP contribution in [-0.2, 0) is 76.8 Å². The Bertz CT molecular complexity index is 3240. The maximum Gasteiger partial charge on any atom is 0.246 e. The minimum atomic E-state index is -1.73. The van der Waals surface area contributed by atoms with Gasteiger partial charge in [0.1, 0.15) is 47.8 Å². The summed E-state index contributed by atoms with van der Waals surface area (Å²) in [6.45, 7) is 11.2. The first-order chi connectivity index (χ1) is 45.2. The summed E-state index contributed by atoms with van der Waals surface area (Å²) in [5.41, 5.74) is 0.168. The van der Waals surface area contributed by atoms with E-state index in [0.29, 0.717) is 66.9 Å². The number of nitrogens with zero attached hydrogens (tertiary/aromatic N) is 8. The molecule has 2 aliphatic rings. The van der Waals surface area contributed by atoms with Crippen molar-refractivity contribution in [2.75, 3.05) is 82.1 Å². The average molecular weight is 1460 g/mol. The highest BCUT2D eigenvalue weighted by atomic mass is 127. The first-order valence-corrected chi connectivity index (χ1v) is 34.5. The van der Waals surface area contributed by atoms with Crippen LogP contribution in [0.4, 0.5) is 0 Å². The van der Waals surface area contributed by atoms with E-state index >= 15 is 14.4 Å². The number of halogens is 2. The normalized spacial score (nSPS) is 23.5. The van der Waals surface area contributed by atoms with Gasteiger partial charge in [-0.2, -0.15) is 0 Å². The van der Waals surface area contributed by atoms with Gasteiger partial charge in [0, 0.05) is 90.3 Å². The van der Waals surface area contributed by atoms with Crippen molar-refractivity contribution in [2.24, 2.45) is 11.8 Å². The van der Waals surface area contributed by atoms with Gasteiger partial charge in [0.15, 0.2) is 0 Å². The van der Waals surface area contributed by atoms with Crippen LogP contribution >= 0.6 is 34.2 Å². The molecule has 26 heteroatoms. The number of carbonyl (C=O) groups excluding carboxylic acids is 12. The zero-order valence-electron chi connectivity index (χ0n) is 58.2. The molecule has 0 bridgehead atoms. The maximum atomic E-state index is 15.3. The molecular weight excluding hydrogens is 1360 g/mol. The number of likely N-dealkylation sites (N-methyl/N-ethyl adjacent to an activating group) is 7. The fourth-order valence-electron chi connectivity index (χ4n) is 11.6. The minimum absolute atomic E-state index is 0.0502. The standard InChI is InChI=1S/C70H100ClIN12O12/c1-15-17-28-51-65(92)83(14)70(6,7)69(96)75-53(37-46-24-19-18-20-25-46)64(91)82(13)56(67(94)84-33-21-22-34-84)40-58(86)80(11)54(35-44(3)4)63(90)76-61(45(5)16-2)68(95)79(10)42-59(87)77(8)43-60(88)81(12)55(39-47-29-31-49(71)32-30-47)66(93)78(9)41-57(85)73-52(62(89)74-51)38-48-26-23-27-50(72)36-48/h18-20,23-27,29-32,36,44-45,51-56,61H,15-17,21-22,28,33-35,37-43H2,1-14H3,(H,73,85)(H,74,89)(H,75,96)(H,76,90)/t45-,51-,52-,53+,54-,55-,56-,61-/m0/s1. The molecule has 526 valence electrons. The molecule has 0 aliphatic carbocycles. The lowest BCUT2D eigenvalue weighted by Crippen LogP contribution is -2.63. The topological polar surface area (TPSA) is 279 Å². The SMILES string of the molecule is CCCC[C@@H]1NC(=O)[C@H](Cc2cccc(I)c2)NC(=O)CN(C)C(=O)[C@H](Cc2ccc(Cl)cc2)N(C)C(=O)CN(C)C(=O)CN(C)C(=O)[C@H]([C@@H](C)CC)NC(=O)[C@H](CC(C)C)N(C)C(=O)C[C@@H](C(=O)N2CCCC2)N(C)C(=O)[C@@H](Cc2ccccc2)NC(=O)C(C)(C)N(C)C1=O. The van der Waals surface area contributed by atoms with Crippen LogP contribution in [0.2, 0.25) is 5.02 Å². The zero-order valence-corrected chi connectivity index (χ0v) is 61.2. The molecule has 5 rings (SSSR count). The molecular formula is C70H100ClIN12O12. The van der Waals surface area contributed by atoms with E-state index < -0.39 is 151 Å². The Morgan fingerprint density at radius 1 is 0.583 bits per heavy atom. The Morgan fingerprint density at radius 3 is 1.77 bits per heavy atom. The highest BCUT2D eigenvalue weighted by Crippen LogP contribution is 2.24. The van der Waals surface area contributed by atoms with E-state index in [1.54, 1.807) is 78.6 Å². The number of benzene rings is 3. The predicted octanol–water partition coefficient (Wildman–Crippen LogP) is 4.31. The van der Waals surface area contributed by atoms with Crippen LogP contribution in [0.3, 0.4) is 0 Å². The molecule has 24 nitrogen and oxygen atoms in total. The van der Waals surface area contributed by atoms with Crippen LogP contribution in [0.5, 0.6) is 0 Å². The number of unbranched alkanes of at least 4 members (excludes halogenated alkanes) is 1. The summed E-state index contributed by atoms with van der Waals surface area (Å²) in [4.78, 5) is 186. The number of hydrogen-bond acceptors (Lipinski definition) is 12. The molecule has 2 aliphatic heterocycles. The van der Waals surface area contributed by atoms with Gasteiger partial charge in [-0.15, -0.1) is 0 Å². The summed E-state index contributed by atoms with van der Waals surface area (Å²) in [6.07, 6.45) is 2.31. The first-order valence-electron chi connectivity index (χ1n) is 33.0. The molecule has 12 amide bonds. The van der Waals surface area contributed by atoms with Crippen LogP contribution in [-0.4, -0.2) is 240 Å². The van der Waals surface area contributed by atoms with Crippen molar-refractivity contribution in [3.8, 4) is 0 Å². The van der Waals surface area contributed by atoms with Crippen LogP contribution < -0.4 is 21.3 Å². The molecule has 0 saturated carbocycles. The van der Waals surface area contributed by atoms with Crippen LogP contribution in [0.25, 0.3) is 0 Å². The van der Waals surface area contributed by atoms with Crippen molar-refractivity contribution < 1.29 is 57.5 Å². The van der Waals surface area contributed by atoms with E-state index in [1.165, 1.54) is 77.9 Å². The largest absolute Gasteiger partial charge is 0.343 e. The van der Waals surface area contributed by atoms with Crippen molar-refractivity contribution in [1.29, 1.82) is 0 Å². The summed E-state index contributed by atoms with van der Waals surface area (Å²) < 4.78 is 0.840. The number of carbonyl (C=O) groups is 12. The third-order valence-corrected chi connectivity index (χ3v) is 19.3. The number of hydrogen-bond donors (Lipinski definition) is 4. The molecule has 2 heterocycles. The Hall–Kier alpha value is -7.68. The van der Waals surface area contributed by atoms with Gasteiger partial charge in [0.05, 0.1) is 26.1 Å². The van der Waals surface area contributed by atoms with Gasteiger partial charge < -0.3 is 60.5 Å². The predicted molar refractivity (Wildman–Crippen MR) is 374 cm³/mol. The van der Waals surface area contributed by atoms with Crippen LogP contribution in [0.15, 0.2) is 78.9 Å². The second-order valence-electron chi connectivity index (χ2n) is 26.5. The Kier molecular flexibility index (Phi) is 30.1. The second kappa shape index (κ2) is 36.6. The van der Waals surface area contributed by atoms with E-state index in [4.69, 9.17) is 11.6 Å². The fourth-order valence-corrected chi connectivity index (χ4v) is 12.3. The van der Waals surface area contributed by atoms with Crippen molar-refractivity contribution in [1.82, 2.24) is 60.5 Å². The number of amides is 12. The summed E-state index contributed by atoms with van der Waals surface area (Å²) in [5, 5.41) is 11.9. The zero-order chi connectivity index (χ0) is 71.5. The molecule has 96 heavy (non-hydrogen) atoms. The summed E-state index contributed by atoms with van der Waals surface area (Å²) in [6, 6.07) is 13.7. The molecule has 2 saturated heterocycles. The highest BCUT2D eigenvalue weighted by molar-refractivity contribution is 14.1. The molecule has 8 atom stereocenters. The number of likely N-dealkylation sites (tertiary alicyclic amines) is 1. The lowest BCUT2D eigenvalue weighted by Gasteiger charge is -2.39. The molecule has 3 aromatic rings. The molecule has 0 unspecified atom stereocenters. The van der Waals surface area contributed by atoms with E-state index in [-0.39, 0.29) is 38.0 Å². The summed E-state index contributed by atoms with van der Waals surface area (Å²) >= 11 is 8.37. The number of rotatable bonds is 14. The van der Waals surface area contributed by atoms with E-state index in [2.05, 4.69) is 43.9 Å².